The van der Waals surface area contributed by atoms with Crippen molar-refractivity contribution in [1.29, 1.82) is 0 Å². The molecule has 0 saturated heterocycles. The maximum Gasteiger partial charge on any atom is 0.157 e. The molecule has 0 bridgehead atoms. The first-order valence-corrected chi connectivity index (χ1v) is 7.04. The van der Waals surface area contributed by atoms with Crippen LogP contribution in [0.25, 0.3) is 5.65 Å². The van der Waals surface area contributed by atoms with Crippen LogP contribution in [0.4, 0.5) is 0 Å². The summed E-state index contributed by atoms with van der Waals surface area (Å²) in [6.45, 7) is 4.34. The van der Waals surface area contributed by atoms with Crippen molar-refractivity contribution in [2.45, 2.75) is 44.9 Å². The van der Waals surface area contributed by atoms with Crippen LogP contribution in [0.2, 0.25) is 0 Å². The summed E-state index contributed by atoms with van der Waals surface area (Å²) in [5.41, 5.74) is 2.36. The lowest BCUT2D eigenvalue weighted by Crippen LogP contribution is -1.95. The largest absolute Gasteiger partial charge is 0.212 e. The molecule has 3 rings (SSSR count). The van der Waals surface area contributed by atoms with E-state index in [1.54, 1.807) is 0 Å². The van der Waals surface area contributed by atoms with E-state index in [1.165, 1.54) is 18.4 Å². The minimum Gasteiger partial charge on any atom is -0.212 e. The highest BCUT2D eigenvalue weighted by Crippen LogP contribution is 2.41. The predicted molar refractivity (Wildman–Crippen MR) is 71.4 cm³/mol. The standard InChI is InChI=1S/C13H16BrN3/c1-3-8(2)13-15-12-7-10(9-4-5-9)6-11(14)17(12)16-13/h6-9H,3-5H2,1-2H3. The third kappa shape index (κ3) is 1.99. The van der Waals surface area contributed by atoms with Gasteiger partial charge in [-0.25, -0.2) is 9.50 Å². The maximum atomic E-state index is 4.64. The molecule has 1 saturated carbocycles. The van der Waals surface area contributed by atoms with Crippen LogP contribution in [0.1, 0.15) is 56.3 Å². The number of rotatable bonds is 3. The minimum absolute atomic E-state index is 0.422. The molecular formula is C13H16BrN3. The molecule has 1 aliphatic carbocycles. The molecule has 3 nitrogen and oxygen atoms in total. The molecule has 0 N–H and O–H groups in total. The Bertz CT molecular complexity index is 557. The molecule has 0 radical (unpaired) electrons. The summed E-state index contributed by atoms with van der Waals surface area (Å²) in [6, 6.07) is 4.36. The highest BCUT2D eigenvalue weighted by atomic mass is 79.9. The zero-order valence-electron chi connectivity index (χ0n) is 10.2. The number of aromatic nitrogens is 3. The van der Waals surface area contributed by atoms with E-state index in [-0.39, 0.29) is 0 Å². The Labute approximate surface area is 109 Å². The Morgan fingerprint density at radius 3 is 2.88 bits per heavy atom. The molecule has 0 aliphatic heterocycles. The van der Waals surface area contributed by atoms with Crippen LogP contribution in [0.5, 0.6) is 0 Å². The van der Waals surface area contributed by atoms with Gasteiger partial charge in [0.25, 0.3) is 0 Å². The summed E-state index contributed by atoms with van der Waals surface area (Å²) >= 11 is 3.59. The molecule has 17 heavy (non-hydrogen) atoms. The average molecular weight is 294 g/mol. The molecule has 2 heterocycles. The molecular weight excluding hydrogens is 278 g/mol. The average Bonchev–Trinajstić information content (AvgIpc) is 3.08. The Morgan fingerprint density at radius 1 is 1.47 bits per heavy atom. The smallest absolute Gasteiger partial charge is 0.157 e. The summed E-state index contributed by atoms with van der Waals surface area (Å²) in [5.74, 6) is 2.12. The Balaban J connectivity index is 2.10. The lowest BCUT2D eigenvalue weighted by Gasteiger charge is -2.01. The zero-order valence-corrected chi connectivity index (χ0v) is 11.7. The maximum absolute atomic E-state index is 4.64. The second kappa shape index (κ2) is 4.09. The zero-order chi connectivity index (χ0) is 12.0. The quantitative estimate of drug-likeness (QED) is 0.804. The lowest BCUT2D eigenvalue weighted by molar-refractivity contribution is 0.675. The van der Waals surface area contributed by atoms with Crippen molar-refractivity contribution in [1.82, 2.24) is 14.6 Å². The number of hydrogen-bond acceptors (Lipinski definition) is 2. The van der Waals surface area contributed by atoms with Crippen molar-refractivity contribution in [2.75, 3.05) is 0 Å². The van der Waals surface area contributed by atoms with Gasteiger partial charge >= 0.3 is 0 Å². The normalized spacial score (nSPS) is 17.6. The topological polar surface area (TPSA) is 30.2 Å². The van der Waals surface area contributed by atoms with E-state index in [2.05, 4.69) is 52.0 Å². The third-order valence-electron chi connectivity index (χ3n) is 3.53. The van der Waals surface area contributed by atoms with E-state index in [4.69, 9.17) is 0 Å². The van der Waals surface area contributed by atoms with Crippen LogP contribution in [-0.4, -0.2) is 14.6 Å². The van der Waals surface area contributed by atoms with Gasteiger partial charge in [-0.2, -0.15) is 0 Å². The van der Waals surface area contributed by atoms with Crippen LogP contribution >= 0.6 is 15.9 Å². The van der Waals surface area contributed by atoms with Gasteiger partial charge in [0.2, 0.25) is 0 Å². The van der Waals surface area contributed by atoms with Gasteiger partial charge in [-0.1, -0.05) is 13.8 Å². The molecule has 1 aliphatic rings. The fraction of sp³-hybridized carbons (Fsp3) is 0.538. The molecule has 4 heteroatoms. The molecule has 1 unspecified atom stereocenters. The first-order chi connectivity index (χ1) is 8.19. The molecule has 1 atom stereocenters. The Kier molecular flexibility index (Phi) is 2.69. The van der Waals surface area contributed by atoms with E-state index >= 15 is 0 Å². The van der Waals surface area contributed by atoms with Gasteiger partial charge in [0.1, 0.15) is 4.60 Å². The molecule has 0 aromatic carbocycles. The third-order valence-corrected chi connectivity index (χ3v) is 4.10. The van der Waals surface area contributed by atoms with Crippen molar-refractivity contribution in [3.63, 3.8) is 0 Å². The second-order valence-electron chi connectivity index (χ2n) is 4.93. The van der Waals surface area contributed by atoms with Gasteiger partial charge in [-0.15, -0.1) is 5.10 Å². The van der Waals surface area contributed by atoms with Crippen molar-refractivity contribution >= 4 is 21.6 Å². The van der Waals surface area contributed by atoms with Crippen LogP contribution in [0.3, 0.4) is 0 Å². The number of pyridine rings is 1. The van der Waals surface area contributed by atoms with Gasteiger partial charge < -0.3 is 0 Å². The molecule has 0 amide bonds. The molecule has 1 fully saturated rings. The Hall–Kier alpha value is -0.900. The fourth-order valence-electron chi connectivity index (χ4n) is 2.02. The molecule has 2 aromatic rings. The summed E-state index contributed by atoms with van der Waals surface area (Å²) in [4.78, 5) is 4.64. The minimum atomic E-state index is 0.422. The SMILES string of the molecule is CCC(C)c1nc2cc(C3CC3)cc(Br)n2n1. The summed E-state index contributed by atoms with van der Waals surface area (Å²) in [6.07, 6.45) is 3.70. The first-order valence-electron chi connectivity index (χ1n) is 6.25. The molecule has 90 valence electrons. The highest BCUT2D eigenvalue weighted by molar-refractivity contribution is 9.10. The fourth-order valence-corrected chi connectivity index (χ4v) is 2.55. The number of halogens is 1. The predicted octanol–water partition coefficient (Wildman–Crippen LogP) is 3.88. The van der Waals surface area contributed by atoms with Crippen LogP contribution < -0.4 is 0 Å². The number of nitrogens with zero attached hydrogens (tertiary/aromatic N) is 3. The van der Waals surface area contributed by atoms with E-state index in [0.717, 1.165) is 28.4 Å². The van der Waals surface area contributed by atoms with Gasteiger partial charge in [0.05, 0.1) is 0 Å². The summed E-state index contributed by atoms with van der Waals surface area (Å²) in [5, 5.41) is 4.56. The van der Waals surface area contributed by atoms with Crippen molar-refractivity contribution < 1.29 is 0 Å². The molecule has 2 aromatic heterocycles. The van der Waals surface area contributed by atoms with Gasteiger partial charge in [-0.3, -0.25) is 0 Å². The van der Waals surface area contributed by atoms with E-state index in [0.29, 0.717) is 5.92 Å². The first kappa shape index (κ1) is 11.2. The van der Waals surface area contributed by atoms with Gasteiger partial charge in [-0.05, 0) is 58.8 Å². The monoisotopic (exact) mass is 293 g/mol. The van der Waals surface area contributed by atoms with E-state index in [1.807, 2.05) is 4.52 Å². The van der Waals surface area contributed by atoms with Crippen molar-refractivity contribution in [3.8, 4) is 0 Å². The van der Waals surface area contributed by atoms with Gasteiger partial charge in [0, 0.05) is 5.92 Å². The van der Waals surface area contributed by atoms with Gasteiger partial charge in [0.15, 0.2) is 11.5 Å². The highest BCUT2D eigenvalue weighted by Gasteiger charge is 2.25. The van der Waals surface area contributed by atoms with Crippen LogP contribution in [-0.2, 0) is 0 Å². The van der Waals surface area contributed by atoms with Crippen LogP contribution in [0.15, 0.2) is 16.7 Å². The number of hydrogen-bond donors (Lipinski definition) is 0. The summed E-state index contributed by atoms with van der Waals surface area (Å²) in [7, 11) is 0. The van der Waals surface area contributed by atoms with E-state index < -0.39 is 0 Å². The Morgan fingerprint density at radius 2 is 2.24 bits per heavy atom. The number of fused-ring (bicyclic) bond motifs is 1. The molecule has 0 spiro atoms. The van der Waals surface area contributed by atoms with Crippen molar-refractivity contribution in [2.24, 2.45) is 0 Å². The summed E-state index contributed by atoms with van der Waals surface area (Å²) < 4.78 is 2.91. The lowest BCUT2D eigenvalue weighted by atomic mass is 10.1. The van der Waals surface area contributed by atoms with E-state index in [9.17, 15) is 0 Å². The van der Waals surface area contributed by atoms with Crippen LogP contribution in [0, 0.1) is 0 Å². The van der Waals surface area contributed by atoms with Crippen molar-refractivity contribution in [3.05, 3.63) is 28.1 Å². The second-order valence-corrected chi connectivity index (χ2v) is 5.75.